The number of unbranched alkanes of at least 4 members (excludes halogenated alkanes) is 1. The molecule has 0 bridgehead atoms. The molecule has 1 aromatic rings. The average Bonchev–Trinajstić information content (AvgIpc) is 2.42. The van der Waals surface area contributed by atoms with E-state index in [2.05, 4.69) is 41.5 Å². The van der Waals surface area contributed by atoms with E-state index in [0.717, 1.165) is 12.6 Å². The van der Waals surface area contributed by atoms with Crippen LogP contribution >= 0.6 is 7.26 Å². The smallest absolute Gasteiger partial charge is 0.199 e. The molecule has 22 heavy (non-hydrogen) atoms. The number of hydrogen-bond acceptors (Lipinski definition) is 1. The lowest BCUT2D eigenvalue weighted by molar-refractivity contribution is 0.102. The van der Waals surface area contributed by atoms with Crippen LogP contribution in [-0.4, -0.2) is 28.9 Å². The summed E-state index contributed by atoms with van der Waals surface area (Å²) in [6, 6.07) is 6.00. The molecule has 0 spiro atoms. The van der Waals surface area contributed by atoms with E-state index in [0.29, 0.717) is 17.4 Å². The first-order chi connectivity index (χ1) is 10.1. The fourth-order valence-electron chi connectivity index (χ4n) is 3.29. The second kappa shape index (κ2) is 7.68. The number of carbonyl (C=O) groups excluding carboxylic acids is 1. The Morgan fingerprint density at radius 2 is 1.73 bits per heavy atom. The van der Waals surface area contributed by atoms with Gasteiger partial charge in [0.05, 0.1) is 17.0 Å². The van der Waals surface area contributed by atoms with Gasteiger partial charge in [0, 0.05) is 12.8 Å². The van der Waals surface area contributed by atoms with E-state index in [1.165, 1.54) is 18.6 Å². The predicted molar refractivity (Wildman–Crippen MR) is 97.2 cm³/mol. The lowest BCUT2D eigenvalue weighted by Crippen LogP contribution is -2.33. The maximum Gasteiger partial charge on any atom is 0.199 e. The van der Waals surface area contributed by atoms with E-state index in [4.69, 9.17) is 0 Å². The van der Waals surface area contributed by atoms with Gasteiger partial charge in [-0.15, -0.1) is 0 Å². The lowest BCUT2D eigenvalue weighted by Gasteiger charge is -2.41. The average molecular weight is 325 g/mol. The molecule has 0 heterocycles. The fourth-order valence-corrected chi connectivity index (χ4v) is 8.60. The van der Waals surface area contributed by atoms with Crippen LogP contribution in [0.1, 0.15) is 64.7 Å². The molecule has 0 aromatic heterocycles. The van der Waals surface area contributed by atoms with E-state index < -0.39 is 7.26 Å². The van der Waals surface area contributed by atoms with Crippen molar-refractivity contribution in [3.63, 3.8) is 0 Å². The molecule has 0 aliphatic rings. The van der Waals surface area contributed by atoms with Gasteiger partial charge < -0.3 is 0 Å². The van der Waals surface area contributed by atoms with Crippen molar-refractivity contribution in [1.29, 1.82) is 0 Å². The van der Waals surface area contributed by atoms with Gasteiger partial charge in [-0.3, -0.25) is 4.79 Å². The number of carbonyl (C=O) groups is 1. The molecule has 1 unspecified atom stereocenters. The summed E-state index contributed by atoms with van der Waals surface area (Å²) in [4.78, 5) is 12.8. The molecule has 0 aliphatic carbocycles. The summed E-state index contributed by atoms with van der Waals surface area (Å²) in [5, 5.41) is 0.159. The summed E-state index contributed by atoms with van der Waals surface area (Å²) in [7, 11) is -1.45. The Labute approximate surface area is 136 Å². The van der Waals surface area contributed by atoms with E-state index in [1.807, 2.05) is 0 Å². The summed E-state index contributed by atoms with van der Waals surface area (Å²) in [6.07, 6.45) is 4.15. The minimum absolute atomic E-state index is 0.159. The van der Waals surface area contributed by atoms with E-state index >= 15 is 0 Å². The highest BCUT2D eigenvalue weighted by Crippen LogP contribution is 2.72. The minimum atomic E-state index is -1.45. The van der Waals surface area contributed by atoms with Crippen LogP contribution in [0.5, 0.6) is 0 Å². The third-order valence-corrected chi connectivity index (χ3v) is 11.4. The topological polar surface area (TPSA) is 17.1 Å². The number of Topliss-reactive ketones (excluding diaryl/α,β-unsaturated/α-hetero) is 1. The summed E-state index contributed by atoms with van der Waals surface area (Å²) >= 11 is 0. The number of ketones is 1. The molecule has 1 rings (SSSR count). The maximum absolute atomic E-state index is 13.1. The van der Waals surface area contributed by atoms with Crippen molar-refractivity contribution in [2.45, 2.75) is 65.2 Å². The van der Waals surface area contributed by atoms with Crippen molar-refractivity contribution >= 4 is 13.0 Å². The Kier molecular flexibility index (Phi) is 6.74. The SMILES string of the molecule is CCCC[P+](CC(=O)c1ccc(F)cc1)(C(C)C)C(C)(C)C. The van der Waals surface area contributed by atoms with Gasteiger partial charge in [-0.05, 0) is 65.3 Å². The normalized spacial score (nSPS) is 14.9. The van der Waals surface area contributed by atoms with Gasteiger partial charge in [-0.2, -0.15) is 0 Å². The molecule has 3 heteroatoms. The van der Waals surface area contributed by atoms with Gasteiger partial charge >= 0.3 is 0 Å². The Hall–Kier alpha value is -0.750. The molecule has 0 radical (unpaired) electrons. The van der Waals surface area contributed by atoms with Crippen molar-refractivity contribution in [2.75, 3.05) is 12.3 Å². The monoisotopic (exact) mass is 325 g/mol. The first-order valence-corrected chi connectivity index (χ1v) is 10.5. The van der Waals surface area contributed by atoms with Crippen LogP contribution in [0.4, 0.5) is 4.39 Å². The number of rotatable bonds is 7. The summed E-state index contributed by atoms with van der Waals surface area (Å²) < 4.78 is 13.1. The van der Waals surface area contributed by atoms with Crippen LogP contribution in [-0.2, 0) is 0 Å². The Balaban J connectivity index is 3.11. The number of halogens is 1. The summed E-state index contributed by atoms with van der Waals surface area (Å²) in [6.45, 7) is 13.6. The van der Waals surface area contributed by atoms with Gasteiger partial charge in [0.25, 0.3) is 0 Å². The predicted octanol–water partition coefficient (Wildman–Crippen LogP) is 6.03. The summed E-state index contributed by atoms with van der Waals surface area (Å²) in [5.74, 6) is -0.115. The third kappa shape index (κ3) is 4.38. The number of benzene rings is 1. The zero-order valence-electron chi connectivity index (χ0n) is 14.9. The van der Waals surface area contributed by atoms with E-state index in [1.54, 1.807) is 12.1 Å². The Morgan fingerprint density at radius 1 is 1.18 bits per heavy atom. The largest absolute Gasteiger partial charge is 0.290 e. The van der Waals surface area contributed by atoms with Gasteiger partial charge in [-0.25, -0.2) is 4.39 Å². The zero-order chi connectivity index (χ0) is 17.0. The molecule has 0 fully saturated rings. The second-order valence-electron chi connectivity index (χ2n) is 7.46. The standard InChI is InChI=1S/C19H31FOP/c1-7-8-13-22(15(2)3,19(4,5)6)14-18(21)16-9-11-17(20)12-10-16/h9-12,15H,7-8,13-14H2,1-6H3/q+1. The molecular weight excluding hydrogens is 294 g/mol. The number of hydrogen-bond donors (Lipinski definition) is 0. The summed E-state index contributed by atoms with van der Waals surface area (Å²) in [5.41, 5.74) is 1.18. The molecule has 0 amide bonds. The first-order valence-electron chi connectivity index (χ1n) is 8.29. The molecule has 124 valence electrons. The Morgan fingerprint density at radius 3 is 2.14 bits per heavy atom. The van der Waals surface area contributed by atoms with Crippen molar-refractivity contribution in [3.05, 3.63) is 35.6 Å². The molecule has 1 atom stereocenters. The highest BCUT2D eigenvalue weighted by molar-refractivity contribution is 7.78. The van der Waals surface area contributed by atoms with Gasteiger partial charge in [0.1, 0.15) is 12.0 Å². The van der Waals surface area contributed by atoms with Crippen LogP contribution in [0.15, 0.2) is 24.3 Å². The lowest BCUT2D eigenvalue weighted by atomic mass is 10.1. The Bertz CT molecular complexity index is 487. The second-order valence-corrected chi connectivity index (χ2v) is 12.7. The van der Waals surface area contributed by atoms with Gasteiger partial charge in [0.2, 0.25) is 0 Å². The quantitative estimate of drug-likeness (QED) is 0.441. The van der Waals surface area contributed by atoms with E-state index in [-0.39, 0.29) is 16.8 Å². The molecular formula is C19H31FOP+. The van der Waals surface area contributed by atoms with Crippen LogP contribution in [0, 0.1) is 5.82 Å². The van der Waals surface area contributed by atoms with Crippen LogP contribution < -0.4 is 0 Å². The highest BCUT2D eigenvalue weighted by atomic mass is 31.2. The van der Waals surface area contributed by atoms with Gasteiger partial charge in [0.15, 0.2) is 5.78 Å². The van der Waals surface area contributed by atoms with Crippen LogP contribution in [0.25, 0.3) is 0 Å². The maximum atomic E-state index is 13.1. The van der Waals surface area contributed by atoms with Crippen LogP contribution in [0.3, 0.4) is 0 Å². The molecule has 1 nitrogen and oxygen atoms in total. The molecule has 0 saturated heterocycles. The van der Waals surface area contributed by atoms with Crippen molar-refractivity contribution in [3.8, 4) is 0 Å². The van der Waals surface area contributed by atoms with Crippen molar-refractivity contribution in [1.82, 2.24) is 0 Å². The zero-order valence-corrected chi connectivity index (χ0v) is 15.8. The molecule has 1 aromatic carbocycles. The van der Waals surface area contributed by atoms with E-state index in [9.17, 15) is 9.18 Å². The molecule has 0 aliphatic heterocycles. The third-order valence-electron chi connectivity index (χ3n) is 4.83. The highest BCUT2D eigenvalue weighted by Gasteiger charge is 2.52. The molecule has 0 saturated carbocycles. The van der Waals surface area contributed by atoms with Crippen LogP contribution in [0.2, 0.25) is 0 Å². The fraction of sp³-hybridized carbons (Fsp3) is 0.632. The van der Waals surface area contributed by atoms with Crippen molar-refractivity contribution in [2.24, 2.45) is 0 Å². The first kappa shape index (κ1) is 19.3. The minimum Gasteiger partial charge on any atom is -0.290 e. The molecule has 0 N–H and O–H groups in total. The van der Waals surface area contributed by atoms with Gasteiger partial charge in [-0.1, -0.05) is 13.3 Å². The van der Waals surface area contributed by atoms with Crippen molar-refractivity contribution < 1.29 is 9.18 Å².